The second-order valence-electron chi connectivity index (χ2n) is 7.66. The Kier molecular flexibility index (Phi) is 19.6. The van der Waals surface area contributed by atoms with Crippen LogP contribution in [0.2, 0.25) is 0 Å². The quantitative estimate of drug-likeness (QED) is 0.248. The van der Waals surface area contributed by atoms with Crippen molar-refractivity contribution < 1.29 is 10.2 Å². The SMILES string of the molecule is CCCCCCCCCCCCNC1=NC(NCCCO)=CCN1CCCO.Cl. The third kappa shape index (κ3) is 14.6. The topological polar surface area (TPSA) is 80.1 Å². The van der Waals surface area contributed by atoms with Crippen LogP contribution in [0.5, 0.6) is 0 Å². The average molecular weight is 433 g/mol. The predicted octanol–water partition coefficient (Wildman–Crippen LogP) is 3.79. The van der Waals surface area contributed by atoms with Gasteiger partial charge in [0.1, 0.15) is 5.82 Å². The van der Waals surface area contributed by atoms with Crippen molar-refractivity contribution in [3.63, 3.8) is 0 Å². The summed E-state index contributed by atoms with van der Waals surface area (Å²) in [5.41, 5.74) is 0. The van der Waals surface area contributed by atoms with Crippen LogP contribution in [-0.4, -0.2) is 60.5 Å². The van der Waals surface area contributed by atoms with Gasteiger partial charge in [-0.3, -0.25) is 0 Å². The van der Waals surface area contributed by atoms with Crippen molar-refractivity contribution in [3.05, 3.63) is 11.9 Å². The minimum atomic E-state index is 0. The summed E-state index contributed by atoms with van der Waals surface area (Å²) in [7, 11) is 0. The molecule has 0 saturated heterocycles. The van der Waals surface area contributed by atoms with Crippen LogP contribution in [0.15, 0.2) is 16.9 Å². The van der Waals surface area contributed by atoms with E-state index in [1.807, 2.05) is 0 Å². The van der Waals surface area contributed by atoms with Crippen molar-refractivity contribution in [1.82, 2.24) is 15.5 Å². The smallest absolute Gasteiger partial charge is 0.200 e. The summed E-state index contributed by atoms with van der Waals surface area (Å²) < 4.78 is 0. The largest absolute Gasteiger partial charge is 0.396 e. The van der Waals surface area contributed by atoms with Gasteiger partial charge in [-0.15, -0.1) is 12.4 Å². The normalized spacial score (nSPS) is 13.6. The number of aliphatic imine (C=N–C) groups is 1. The van der Waals surface area contributed by atoms with Crippen molar-refractivity contribution in [2.75, 3.05) is 39.4 Å². The van der Waals surface area contributed by atoms with Crippen LogP contribution in [0, 0.1) is 0 Å². The highest BCUT2D eigenvalue weighted by molar-refractivity contribution is 5.85. The van der Waals surface area contributed by atoms with E-state index >= 15 is 0 Å². The molecule has 1 aliphatic heterocycles. The average Bonchev–Trinajstić information content (AvgIpc) is 2.71. The van der Waals surface area contributed by atoms with Gasteiger partial charge in [0.2, 0.25) is 5.96 Å². The number of unbranched alkanes of at least 4 members (excludes halogenated alkanes) is 9. The van der Waals surface area contributed by atoms with Gasteiger partial charge >= 0.3 is 0 Å². The number of halogens is 1. The van der Waals surface area contributed by atoms with E-state index in [-0.39, 0.29) is 25.6 Å². The summed E-state index contributed by atoms with van der Waals surface area (Å²) >= 11 is 0. The second-order valence-corrected chi connectivity index (χ2v) is 7.66. The summed E-state index contributed by atoms with van der Waals surface area (Å²) in [5, 5.41) is 24.8. The van der Waals surface area contributed by atoms with E-state index in [9.17, 15) is 0 Å². The second kappa shape index (κ2) is 20.3. The van der Waals surface area contributed by atoms with Gasteiger partial charge in [0, 0.05) is 39.4 Å². The molecule has 0 aromatic carbocycles. The molecule has 0 saturated carbocycles. The summed E-state index contributed by atoms with van der Waals surface area (Å²) in [6.45, 7) is 5.93. The predicted molar refractivity (Wildman–Crippen MR) is 126 cm³/mol. The van der Waals surface area contributed by atoms with Crippen molar-refractivity contribution in [3.8, 4) is 0 Å². The lowest BCUT2D eigenvalue weighted by atomic mass is 10.1. The zero-order chi connectivity index (χ0) is 20.3. The maximum Gasteiger partial charge on any atom is 0.200 e. The molecule has 7 heteroatoms. The highest BCUT2D eigenvalue weighted by Crippen LogP contribution is 2.10. The number of rotatable bonds is 18. The van der Waals surface area contributed by atoms with Gasteiger partial charge in [-0.05, 0) is 25.3 Å². The van der Waals surface area contributed by atoms with Gasteiger partial charge in [0.25, 0.3) is 0 Å². The summed E-state index contributed by atoms with van der Waals surface area (Å²) in [4.78, 5) is 6.87. The lowest BCUT2D eigenvalue weighted by Crippen LogP contribution is -2.45. The molecule has 172 valence electrons. The Labute approximate surface area is 184 Å². The van der Waals surface area contributed by atoms with Gasteiger partial charge in [0.05, 0.1) is 0 Å². The first-order valence-corrected chi connectivity index (χ1v) is 11.5. The number of nitrogens with one attached hydrogen (secondary N) is 2. The van der Waals surface area contributed by atoms with Gasteiger partial charge in [0.15, 0.2) is 0 Å². The molecule has 0 atom stereocenters. The maximum atomic E-state index is 9.12. The first-order valence-electron chi connectivity index (χ1n) is 11.5. The molecule has 1 rings (SSSR count). The highest BCUT2D eigenvalue weighted by Gasteiger charge is 2.15. The Morgan fingerprint density at radius 1 is 0.828 bits per heavy atom. The monoisotopic (exact) mass is 432 g/mol. The van der Waals surface area contributed by atoms with Gasteiger partial charge in [-0.1, -0.05) is 64.7 Å². The fraction of sp³-hybridized carbons (Fsp3) is 0.864. The number of aliphatic hydroxyl groups excluding tert-OH is 2. The molecule has 0 unspecified atom stereocenters. The summed E-state index contributed by atoms with van der Waals surface area (Å²) in [6, 6.07) is 0. The molecule has 0 amide bonds. The molecule has 6 nitrogen and oxygen atoms in total. The number of aliphatic hydroxyl groups is 2. The lowest BCUT2D eigenvalue weighted by molar-refractivity contribution is 0.268. The minimum absolute atomic E-state index is 0. The summed E-state index contributed by atoms with van der Waals surface area (Å²) in [5.74, 6) is 1.78. The summed E-state index contributed by atoms with van der Waals surface area (Å²) in [6.07, 6.45) is 17.0. The Balaban J connectivity index is 0.00000784. The Hall–Kier alpha value is -0.980. The molecule has 4 N–H and O–H groups in total. The molecular formula is C22H45ClN4O2. The molecular weight excluding hydrogens is 388 g/mol. The molecule has 0 fully saturated rings. The highest BCUT2D eigenvalue weighted by atomic mass is 35.5. The Morgan fingerprint density at radius 2 is 1.41 bits per heavy atom. The van der Waals surface area contributed by atoms with E-state index in [1.165, 1.54) is 64.2 Å². The molecule has 1 aliphatic rings. The van der Waals surface area contributed by atoms with Crippen LogP contribution < -0.4 is 10.6 Å². The fourth-order valence-electron chi connectivity index (χ4n) is 3.34. The van der Waals surface area contributed by atoms with E-state index in [1.54, 1.807) is 0 Å². The van der Waals surface area contributed by atoms with Crippen LogP contribution in [0.1, 0.15) is 84.0 Å². The fourth-order valence-corrected chi connectivity index (χ4v) is 3.34. The van der Waals surface area contributed by atoms with Crippen LogP contribution in [-0.2, 0) is 0 Å². The number of hydrogen-bond donors (Lipinski definition) is 4. The number of hydrogen-bond acceptors (Lipinski definition) is 6. The Bertz CT molecular complexity index is 433. The van der Waals surface area contributed by atoms with Crippen molar-refractivity contribution in [2.24, 2.45) is 4.99 Å². The molecule has 0 bridgehead atoms. The van der Waals surface area contributed by atoms with Crippen LogP contribution in [0.4, 0.5) is 0 Å². The van der Waals surface area contributed by atoms with Gasteiger partial charge < -0.3 is 25.7 Å². The first kappa shape index (κ1) is 28.0. The van der Waals surface area contributed by atoms with Crippen molar-refractivity contribution >= 4 is 18.4 Å². The van der Waals surface area contributed by atoms with Crippen LogP contribution >= 0.6 is 12.4 Å². The zero-order valence-corrected chi connectivity index (χ0v) is 19.3. The molecule has 0 aromatic rings. The third-order valence-electron chi connectivity index (χ3n) is 5.07. The van der Waals surface area contributed by atoms with Crippen LogP contribution in [0.3, 0.4) is 0 Å². The third-order valence-corrected chi connectivity index (χ3v) is 5.07. The van der Waals surface area contributed by atoms with E-state index in [0.29, 0.717) is 0 Å². The molecule has 1 heterocycles. The minimum Gasteiger partial charge on any atom is -0.396 e. The van der Waals surface area contributed by atoms with Crippen molar-refractivity contribution in [2.45, 2.75) is 84.0 Å². The van der Waals surface area contributed by atoms with E-state index in [4.69, 9.17) is 10.2 Å². The number of guanidine groups is 1. The molecule has 0 aromatic heterocycles. The van der Waals surface area contributed by atoms with Gasteiger partial charge in [-0.2, -0.15) is 4.99 Å². The molecule has 0 radical (unpaired) electrons. The zero-order valence-electron chi connectivity index (χ0n) is 18.5. The van der Waals surface area contributed by atoms with E-state index < -0.39 is 0 Å². The Morgan fingerprint density at radius 3 is 2.03 bits per heavy atom. The number of nitrogens with zero attached hydrogens (tertiary/aromatic N) is 2. The van der Waals surface area contributed by atoms with Crippen LogP contribution in [0.25, 0.3) is 0 Å². The first-order chi connectivity index (χ1) is 13.8. The molecule has 0 spiro atoms. The lowest BCUT2D eigenvalue weighted by Gasteiger charge is -2.29. The van der Waals surface area contributed by atoms with E-state index in [2.05, 4.69) is 33.5 Å². The van der Waals surface area contributed by atoms with Gasteiger partial charge in [-0.25, -0.2) is 0 Å². The maximum absolute atomic E-state index is 9.12. The van der Waals surface area contributed by atoms with E-state index in [0.717, 1.165) is 50.8 Å². The standard InChI is InChI=1S/C22H44N4O2.ClH/c1-2-3-4-5-6-7-8-9-10-11-15-24-22-25-21(23-16-12-19-27)14-18-26(22)17-13-20-28;/h14,23,27-28H,2-13,15-20H2,1H3,(H,24,25);1H. The molecule has 29 heavy (non-hydrogen) atoms. The van der Waals surface area contributed by atoms with Crippen molar-refractivity contribution in [1.29, 1.82) is 0 Å². The molecule has 0 aliphatic carbocycles.